The summed E-state index contributed by atoms with van der Waals surface area (Å²) in [6.07, 6.45) is -2.31. The van der Waals surface area contributed by atoms with E-state index in [1.165, 1.54) is 23.2 Å². The normalized spacial score (nSPS) is 14.7. The van der Waals surface area contributed by atoms with E-state index in [4.69, 9.17) is 0 Å². The molecule has 0 atom stereocenters. The van der Waals surface area contributed by atoms with Gasteiger partial charge >= 0.3 is 6.18 Å². The summed E-state index contributed by atoms with van der Waals surface area (Å²) < 4.78 is 39.5. The molecule has 1 aromatic heterocycles. The van der Waals surface area contributed by atoms with Gasteiger partial charge in [0.1, 0.15) is 5.82 Å². The number of nitrogens with one attached hydrogen (secondary N) is 1. The van der Waals surface area contributed by atoms with E-state index >= 15 is 0 Å². The van der Waals surface area contributed by atoms with E-state index in [1.807, 2.05) is 0 Å². The number of amides is 2. The summed E-state index contributed by atoms with van der Waals surface area (Å²) in [4.78, 5) is 29.3. The predicted molar refractivity (Wildman–Crippen MR) is 85.2 cm³/mol. The van der Waals surface area contributed by atoms with Gasteiger partial charge < -0.3 is 10.2 Å². The zero-order valence-electron chi connectivity index (χ0n) is 13.0. The fourth-order valence-electron chi connectivity index (χ4n) is 2.61. The Labute approximate surface area is 141 Å². The molecule has 2 heterocycles. The minimum atomic E-state index is -4.63. The standard InChI is InChI=1S/C17H14F3N3O2/c18-17(19,20)12-8-11(16(25)22-14-4-1-2-6-21-14)9-13(10-12)23-7-3-5-15(23)24/h1-2,4,6,8-10H,3,5,7H2,(H,21,22,25). The number of alkyl halides is 3. The van der Waals surface area contributed by atoms with E-state index in [2.05, 4.69) is 10.3 Å². The monoisotopic (exact) mass is 349 g/mol. The first kappa shape index (κ1) is 16.9. The Balaban J connectivity index is 1.97. The lowest BCUT2D eigenvalue weighted by Gasteiger charge is -2.19. The summed E-state index contributed by atoms with van der Waals surface area (Å²) >= 11 is 0. The molecule has 2 amide bonds. The summed E-state index contributed by atoms with van der Waals surface area (Å²) in [7, 11) is 0. The molecule has 1 aliphatic rings. The quantitative estimate of drug-likeness (QED) is 0.923. The van der Waals surface area contributed by atoms with Crippen LogP contribution in [0.4, 0.5) is 24.7 Å². The van der Waals surface area contributed by atoms with Crippen LogP contribution in [0.3, 0.4) is 0 Å². The molecule has 1 fully saturated rings. The second kappa shape index (κ2) is 6.54. The van der Waals surface area contributed by atoms with Gasteiger partial charge in [0.15, 0.2) is 0 Å². The van der Waals surface area contributed by atoms with Crippen molar-refractivity contribution < 1.29 is 22.8 Å². The molecule has 130 valence electrons. The number of carbonyl (C=O) groups excluding carboxylic acids is 2. The van der Waals surface area contributed by atoms with Crippen molar-refractivity contribution in [3.63, 3.8) is 0 Å². The Hall–Kier alpha value is -2.90. The molecule has 8 heteroatoms. The van der Waals surface area contributed by atoms with Crippen molar-refractivity contribution in [1.82, 2.24) is 4.98 Å². The highest BCUT2D eigenvalue weighted by molar-refractivity contribution is 6.05. The molecule has 5 nitrogen and oxygen atoms in total. The van der Waals surface area contributed by atoms with Gasteiger partial charge in [0, 0.05) is 30.4 Å². The van der Waals surface area contributed by atoms with Crippen LogP contribution in [-0.2, 0) is 11.0 Å². The number of carbonyl (C=O) groups is 2. The van der Waals surface area contributed by atoms with Crippen molar-refractivity contribution in [3.05, 3.63) is 53.7 Å². The van der Waals surface area contributed by atoms with Crippen LogP contribution in [0.2, 0.25) is 0 Å². The summed E-state index contributed by atoms with van der Waals surface area (Å²) in [6, 6.07) is 7.76. The van der Waals surface area contributed by atoms with Gasteiger partial charge in [-0.25, -0.2) is 4.98 Å². The fourth-order valence-corrected chi connectivity index (χ4v) is 2.61. The van der Waals surface area contributed by atoms with Crippen LogP contribution >= 0.6 is 0 Å². The Morgan fingerprint density at radius 3 is 2.60 bits per heavy atom. The van der Waals surface area contributed by atoms with E-state index in [0.29, 0.717) is 13.0 Å². The highest BCUT2D eigenvalue weighted by Gasteiger charge is 2.33. The van der Waals surface area contributed by atoms with Crippen LogP contribution in [0.25, 0.3) is 0 Å². The molecule has 1 N–H and O–H groups in total. The average Bonchev–Trinajstić information content (AvgIpc) is 3.00. The molecule has 0 saturated carbocycles. The minimum absolute atomic E-state index is 0.0727. The van der Waals surface area contributed by atoms with Gasteiger partial charge in [-0.05, 0) is 36.8 Å². The van der Waals surface area contributed by atoms with Gasteiger partial charge in [0.25, 0.3) is 5.91 Å². The molecule has 1 aliphatic heterocycles. The van der Waals surface area contributed by atoms with E-state index < -0.39 is 17.6 Å². The maximum absolute atomic E-state index is 13.2. The van der Waals surface area contributed by atoms with E-state index in [9.17, 15) is 22.8 Å². The predicted octanol–water partition coefficient (Wildman–Crippen LogP) is 3.48. The number of hydrogen-bond acceptors (Lipinski definition) is 3. The summed E-state index contributed by atoms with van der Waals surface area (Å²) in [6.45, 7) is 0.335. The van der Waals surface area contributed by atoms with Crippen LogP contribution in [-0.4, -0.2) is 23.3 Å². The minimum Gasteiger partial charge on any atom is -0.312 e. The second-order valence-corrected chi connectivity index (χ2v) is 5.58. The van der Waals surface area contributed by atoms with Gasteiger partial charge in [-0.1, -0.05) is 6.07 Å². The average molecular weight is 349 g/mol. The molecule has 0 radical (unpaired) electrons. The summed E-state index contributed by atoms with van der Waals surface area (Å²) in [5, 5.41) is 2.45. The molecule has 0 unspecified atom stereocenters. The van der Waals surface area contributed by atoms with E-state index in [0.717, 1.165) is 12.1 Å². The largest absolute Gasteiger partial charge is 0.416 e. The molecule has 25 heavy (non-hydrogen) atoms. The zero-order chi connectivity index (χ0) is 18.0. The molecule has 3 rings (SSSR count). The van der Waals surface area contributed by atoms with Gasteiger partial charge in [0.05, 0.1) is 5.56 Å². The first-order valence-electron chi connectivity index (χ1n) is 7.59. The van der Waals surface area contributed by atoms with E-state index in [1.54, 1.807) is 12.1 Å². The Morgan fingerprint density at radius 2 is 2.00 bits per heavy atom. The van der Waals surface area contributed by atoms with Crippen LogP contribution in [0.15, 0.2) is 42.6 Å². The smallest absolute Gasteiger partial charge is 0.312 e. The third kappa shape index (κ3) is 3.78. The van der Waals surface area contributed by atoms with Crippen molar-refractivity contribution in [1.29, 1.82) is 0 Å². The fraction of sp³-hybridized carbons (Fsp3) is 0.235. The van der Waals surface area contributed by atoms with Crippen molar-refractivity contribution in [2.24, 2.45) is 0 Å². The van der Waals surface area contributed by atoms with E-state index in [-0.39, 0.29) is 29.4 Å². The number of anilines is 2. The van der Waals surface area contributed by atoms with Gasteiger partial charge in [-0.2, -0.15) is 13.2 Å². The number of aromatic nitrogens is 1. The molecular weight excluding hydrogens is 335 g/mol. The van der Waals surface area contributed by atoms with Crippen LogP contribution in [0.1, 0.15) is 28.8 Å². The number of pyridine rings is 1. The van der Waals surface area contributed by atoms with Crippen LogP contribution in [0.5, 0.6) is 0 Å². The molecule has 1 aromatic carbocycles. The maximum Gasteiger partial charge on any atom is 0.416 e. The number of halogens is 3. The van der Waals surface area contributed by atoms with Gasteiger partial charge in [-0.3, -0.25) is 9.59 Å². The summed E-state index contributed by atoms with van der Waals surface area (Å²) in [5.74, 6) is -0.753. The Morgan fingerprint density at radius 1 is 1.20 bits per heavy atom. The lowest BCUT2D eigenvalue weighted by molar-refractivity contribution is -0.137. The first-order chi connectivity index (χ1) is 11.8. The lowest BCUT2D eigenvalue weighted by atomic mass is 10.1. The number of hydrogen-bond donors (Lipinski definition) is 1. The van der Waals surface area contributed by atoms with Crippen molar-refractivity contribution in [3.8, 4) is 0 Å². The third-order valence-corrected chi connectivity index (χ3v) is 3.80. The SMILES string of the molecule is O=C(Nc1ccccn1)c1cc(N2CCCC2=O)cc(C(F)(F)F)c1. The highest BCUT2D eigenvalue weighted by Crippen LogP contribution is 2.34. The lowest BCUT2D eigenvalue weighted by Crippen LogP contribution is -2.25. The number of benzene rings is 1. The van der Waals surface area contributed by atoms with Crippen LogP contribution in [0, 0.1) is 0 Å². The third-order valence-electron chi connectivity index (χ3n) is 3.80. The topological polar surface area (TPSA) is 62.3 Å². The van der Waals surface area contributed by atoms with Crippen LogP contribution < -0.4 is 10.2 Å². The highest BCUT2D eigenvalue weighted by atomic mass is 19.4. The maximum atomic E-state index is 13.2. The molecular formula is C17H14F3N3O2. The molecule has 0 spiro atoms. The van der Waals surface area contributed by atoms with Gasteiger partial charge in [-0.15, -0.1) is 0 Å². The summed E-state index contributed by atoms with van der Waals surface area (Å²) in [5.41, 5.74) is -1.09. The zero-order valence-corrected chi connectivity index (χ0v) is 13.0. The Bertz CT molecular complexity index is 807. The molecule has 1 saturated heterocycles. The molecule has 0 bridgehead atoms. The second-order valence-electron chi connectivity index (χ2n) is 5.58. The van der Waals surface area contributed by atoms with Crippen molar-refractivity contribution in [2.75, 3.05) is 16.8 Å². The number of nitrogens with zero attached hydrogens (tertiary/aromatic N) is 2. The molecule has 2 aromatic rings. The first-order valence-corrected chi connectivity index (χ1v) is 7.59. The Kier molecular flexibility index (Phi) is 4.43. The van der Waals surface area contributed by atoms with Gasteiger partial charge in [0.2, 0.25) is 5.91 Å². The number of rotatable bonds is 3. The van der Waals surface area contributed by atoms with Crippen molar-refractivity contribution in [2.45, 2.75) is 19.0 Å². The molecule has 0 aliphatic carbocycles. The van der Waals surface area contributed by atoms with Crippen molar-refractivity contribution >= 4 is 23.3 Å².